The molecule has 122 valence electrons. The predicted molar refractivity (Wildman–Crippen MR) is 87.3 cm³/mol. The van der Waals surface area contributed by atoms with Crippen LogP contribution in [0.25, 0.3) is 0 Å². The van der Waals surface area contributed by atoms with Crippen molar-refractivity contribution in [1.29, 1.82) is 0 Å². The van der Waals surface area contributed by atoms with Crippen molar-refractivity contribution in [3.63, 3.8) is 0 Å². The highest BCUT2D eigenvalue weighted by molar-refractivity contribution is 5.35. The monoisotopic (exact) mass is 314 g/mol. The van der Waals surface area contributed by atoms with E-state index in [4.69, 9.17) is 9.47 Å². The molecule has 0 unspecified atom stereocenters. The van der Waals surface area contributed by atoms with Gasteiger partial charge in [-0.1, -0.05) is 6.07 Å². The molecule has 6 nitrogen and oxygen atoms in total. The smallest absolute Gasteiger partial charge is 0.225 e. The Bertz CT molecular complexity index is 582. The summed E-state index contributed by atoms with van der Waals surface area (Å²) in [4.78, 5) is 15.3. The molecule has 2 aromatic heterocycles. The van der Waals surface area contributed by atoms with E-state index in [9.17, 15) is 0 Å². The number of rotatable bonds is 7. The molecule has 1 saturated heterocycles. The minimum atomic E-state index is 0.147. The zero-order valence-corrected chi connectivity index (χ0v) is 13.3. The molecule has 0 aromatic carbocycles. The first-order chi connectivity index (χ1) is 11.4. The summed E-state index contributed by atoms with van der Waals surface area (Å²) in [5.74, 6) is 0.763. The number of hydrogen-bond donors (Lipinski definition) is 0. The van der Waals surface area contributed by atoms with Crippen molar-refractivity contribution < 1.29 is 9.47 Å². The first-order valence-electron chi connectivity index (χ1n) is 7.91. The summed E-state index contributed by atoms with van der Waals surface area (Å²) >= 11 is 0. The molecule has 2 aromatic rings. The molecule has 0 spiro atoms. The maximum absolute atomic E-state index is 6.04. The summed E-state index contributed by atoms with van der Waals surface area (Å²) in [7, 11) is 1.69. The third-order valence-electron chi connectivity index (χ3n) is 4.08. The van der Waals surface area contributed by atoms with E-state index in [1.165, 1.54) is 5.56 Å². The normalized spacial score (nSPS) is 20.8. The Hall–Kier alpha value is -2.05. The van der Waals surface area contributed by atoms with Crippen molar-refractivity contribution in [2.45, 2.75) is 25.0 Å². The Balaban J connectivity index is 1.76. The van der Waals surface area contributed by atoms with Gasteiger partial charge in [0.15, 0.2) is 0 Å². The predicted octanol–water partition coefficient (Wildman–Crippen LogP) is 1.72. The molecule has 3 rings (SSSR count). The van der Waals surface area contributed by atoms with E-state index in [1.807, 2.05) is 18.3 Å². The van der Waals surface area contributed by atoms with E-state index < -0.39 is 0 Å². The number of hydrogen-bond acceptors (Lipinski definition) is 6. The molecule has 1 aliphatic heterocycles. The molecule has 0 N–H and O–H groups in total. The van der Waals surface area contributed by atoms with Crippen molar-refractivity contribution in [1.82, 2.24) is 15.0 Å². The molecular formula is C17H22N4O2. The van der Waals surface area contributed by atoms with Crippen LogP contribution >= 0.6 is 0 Å². The number of ether oxygens (including phenoxy) is 2. The highest BCUT2D eigenvalue weighted by atomic mass is 16.5. The van der Waals surface area contributed by atoms with Gasteiger partial charge in [-0.25, -0.2) is 9.97 Å². The van der Waals surface area contributed by atoms with Crippen LogP contribution in [0, 0.1) is 0 Å². The minimum Gasteiger partial charge on any atom is -0.382 e. The highest BCUT2D eigenvalue weighted by Crippen LogP contribution is 2.27. The molecule has 2 atom stereocenters. The Morgan fingerprint density at radius 3 is 2.78 bits per heavy atom. The minimum absolute atomic E-state index is 0.147. The molecule has 1 fully saturated rings. The summed E-state index contributed by atoms with van der Waals surface area (Å²) in [5, 5.41) is 0. The fourth-order valence-electron chi connectivity index (χ4n) is 2.99. The van der Waals surface area contributed by atoms with Crippen LogP contribution in [0.3, 0.4) is 0 Å². The van der Waals surface area contributed by atoms with E-state index in [0.29, 0.717) is 13.2 Å². The van der Waals surface area contributed by atoms with Crippen LogP contribution in [-0.4, -0.2) is 54.0 Å². The molecular weight excluding hydrogens is 292 g/mol. The number of pyridine rings is 1. The number of nitrogens with zero attached hydrogens (tertiary/aromatic N) is 4. The van der Waals surface area contributed by atoms with E-state index >= 15 is 0 Å². The Kier molecular flexibility index (Phi) is 5.50. The average Bonchev–Trinajstić information content (AvgIpc) is 3.00. The molecule has 1 aliphatic rings. The molecule has 23 heavy (non-hydrogen) atoms. The standard InChI is InChI=1S/C17H22N4O2/c1-22-10-11-23-16-5-9-21(17-19-7-3-8-20-17)15(16)12-14-4-2-6-18-13-14/h2-4,6-8,13,15-16H,5,9-12H2,1H3/t15-,16+/m0/s1. The number of anilines is 1. The zero-order chi connectivity index (χ0) is 15.9. The van der Waals surface area contributed by atoms with Gasteiger partial charge in [0.1, 0.15) is 0 Å². The van der Waals surface area contributed by atoms with E-state index in [0.717, 1.165) is 25.3 Å². The molecule has 0 saturated carbocycles. The van der Waals surface area contributed by atoms with Crippen LogP contribution in [0.5, 0.6) is 0 Å². The van der Waals surface area contributed by atoms with Gasteiger partial charge in [-0.2, -0.15) is 0 Å². The second-order valence-electron chi connectivity index (χ2n) is 5.57. The van der Waals surface area contributed by atoms with Crippen molar-refractivity contribution in [3.8, 4) is 0 Å². The van der Waals surface area contributed by atoms with Gasteiger partial charge in [-0.05, 0) is 30.5 Å². The molecule has 0 aliphatic carbocycles. The molecule has 0 radical (unpaired) electrons. The van der Waals surface area contributed by atoms with Gasteiger partial charge in [0, 0.05) is 38.4 Å². The molecule has 0 bridgehead atoms. The largest absolute Gasteiger partial charge is 0.382 e. The van der Waals surface area contributed by atoms with Crippen LogP contribution in [0.4, 0.5) is 5.95 Å². The molecule has 3 heterocycles. The van der Waals surface area contributed by atoms with Crippen LogP contribution in [0.2, 0.25) is 0 Å². The van der Waals surface area contributed by atoms with Gasteiger partial charge in [0.05, 0.1) is 25.4 Å². The van der Waals surface area contributed by atoms with E-state index in [1.54, 1.807) is 25.7 Å². The lowest BCUT2D eigenvalue weighted by molar-refractivity contribution is 0.0136. The van der Waals surface area contributed by atoms with Gasteiger partial charge in [-0.15, -0.1) is 0 Å². The van der Waals surface area contributed by atoms with Crippen LogP contribution in [0.15, 0.2) is 43.0 Å². The first kappa shape index (κ1) is 15.8. The van der Waals surface area contributed by atoms with Crippen molar-refractivity contribution >= 4 is 5.95 Å². The summed E-state index contributed by atoms with van der Waals surface area (Å²) < 4.78 is 11.1. The quantitative estimate of drug-likeness (QED) is 0.725. The van der Waals surface area contributed by atoms with Gasteiger partial charge in [0.25, 0.3) is 0 Å². The van der Waals surface area contributed by atoms with E-state index in [-0.39, 0.29) is 12.1 Å². The Labute approximate surface area is 136 Å². The number of methoxy groups -OCH3 is 1. The summed E-state index contributed by atoms with van der Waals surface area (Å²) in [6, 6.07) is 6.11. The first-order valence-corrected chi connectivity index (χ1v) is 7.91. The van der Waals surface area contributed by atoms with Crippen molar-refractivity contribution in [3.05, 3.63) is 48.5 Å². The third kappa shape index (κ3) is 4.03. The highest BCUT2D eigenvalue weighted by Gasteiger charge is 2.36. The van der Waals surface area contributed by atoms with Crippen LogP contribution in [0.1, 0.15) is 12.0 Å². The molecule has 0 amide bonds. The van der Waals surface area contributed by atoms with Crippen LogP contribution < -0.4 is 4.90 Å². The SMILES string of the molecule is COCCO[C@@H]1CCN(c2ncccn2)[C@H]1Cc1cccnc1. The lowest BCUT2D eigenvalue weighted by Crippen LogP contribution is -2.39. The lowest BCUT2D eigenvalue weighted by Gasteiger charge is -2.28. The van der Waals surface area contributed by atoms with Gasteiger partial charge < -0.3 is 14.4 Å². The van der Waals surface area contributed by atoms with Gasteiger partial charge >= 0.3 is 0 Å². The zero-order valence-electron chi connectivity index (χ0n) is 13.3. The lowest BCUT2D eigenvalue weighted by atomic mass is 10.0. The fourth-order valence-corrected chi connectivity index (χ4v) is 2.99. The number of aromatic nitrogens is 3. The van der Waals surface area contributed by atoms with Gasteiger partial charge in [-0.3, -0.25) is 4.98 Å². The average molecular weight is 314 g/mol. The van der Waals surface area contributed by atoms with Crippen LogP contribution in [-0.2, 0) is 15.9 Å². The second-order valence-corrected chi connectivity index (χ2v) is 5.57. The fraction of sp³-hybridized carbons (Fsp3) is 0.471. The maximum Gasteiger partial charge on any atom is 0.225 e. The third-order valence-corrected chi connectivity index (χ3v) is 4.08. The topological polar surface area (TPSA) is 60.4 Å². The Morgan fingerprint density at radius 1 is 1.17 bits per heavy atom. The van der Waals surface area contributed by atoms with Crippen molar-refractivity contribution in [2.75, 3.05) is 31.8 Å². The Morgan fingerprint density at radius 2 is 2.04 bits per heavy atom. The molecule has 6 heteroatoms. The summed E-state index contributed by atoms with van der Waals surface area (Å²) in [5.41, 5.74) is 1.20. The summed E-state index contributed by atoms with van der Waals surface area (Å²) in [6.45, 7) is 2.11. The van der Waals surface area contributed by atoms with Crippen molar-refractivity contribution in [2.24, 2.45) is 0 Å². The maximum atomic E-state index is 6.04. The summed E-state index contributed by atoms with van der Waals surface area (Å²) in [6.07, 6.45) is 9.24. The second kappa shape index (κ2) is 7.99. The van der Waals surface area contributed by atoms with E-state index in [2.05, 4.69) is 25.9 Å². The van der Waals surface area contributed by atoms with Gasteiger partial charge in [0.2, 0.25) is 5.95 Å².